The summed E-state index contributed by atoms with van der Waals surface area (Å²) in [5.74, 6) is 0.136. The summed E-state index contributed by atoms with van der Waals surface area (Å²) in [6.45, 7) is 6.14. The Morgan fingerprint density at radius 1 is 1.33 bits per heavy atom. The van der Waals surface area contributed by atoms with Crippen LogP contribution in [0.4, 0.5) is 0 Å². The van der Waals surface area contributed by atoms with Crippen LogP contribution in [0, 0.1) is 0 Å². The maximum absolute atomic E-state index is 11.3. The Hall–Kier alpha value is -0.980. The molecule has 0 fully saturated rings. The van der Waals surface area contributed by atoms with E-state index >= 15 is 0 Å². The number of halogens is 1. The number of hydrogen-bond acceptors (Lipinski definition) is 5. The van der Waals surface area contributed by atoms with E-state index in [-0.39, 0.29) is 17.0 Å². The molecule has 1 aromatic rings. The fraction of sp³-hybridized carbons (Fsp3) is 0.571. The molecule has 0 spiro atoms. The van der Waals surface area contributed by atoms with E-state index in [1.165, 1.54) is 0 Å². The first-order chi connectivity index (χ1) is 9.55. The summed E-state index contributed by atoms with van der Waals surface area (Å²) in [7, 11) is -3.57. The van der Waals surface area contributed by atoms with Gasteiger partial charge in [-0.1, -0.05) is 13.8 Å². The number of rotatable bonds is 3. The number of alkyl halides is 1. The van der Waals surface area contributed by atoms with Gasteiger partial charge in [0.25, 0.3) is 0 Å². The van der Waals surface area contributed by atoms with Crippen LogP contribution in [-0.2, 0) is 20.3 Å². The van der Waals surface area contributed by atoms with Crippen LogP contribution in [0.25, 0.3) is 0 Å². The van der Waals surface area contributed by atoms with Crippen LogP contribution in [0.1, 0.15) is 26.3 Å². The molecule has 0 amide bonds. The first-order valence-corrected chi connectivity index (χ1v) is 8.83. The summed E-state index contributed by atoms with van der Waals surface area (Å²) < 4.78 is 39.1. The van der Waals surface area contributed by atoms with Crippen molar-refractivity contribution in [1.29, 1.82) is 0 Å². The van der Waals surface area contributed by atoms with Crippen molar-refractivity contribution in [3.05, 3.63) is 23.8 Å². The van der Waals surface area contributed by atoms with Crippen LogP contribution in [0.5, 0.6) is 11.5 Å². The van der Waals surface area contributed by atoms with E-state index in [4.69, 9.17) is 25.3 Å². The van der Waals surface area contributed by atoms with E-state index in [0.29, 0.717) is 12.4 Å². The molecule has 1 aromatic carbocycles. The molecule has 0 radical (unpaired) electrons. The highest BCUT2D eigenvalue weighted by Crippen LogP contribution is 2.40. The molecule has 0 N–H and O–H groups in total. The standard InChI is InChI=1S/C14H19ClO5S/c1-13(2)9-18-14(3,8-15)19-12-6-5-10(7-11(12)13)20-21(4,16)17/h5-7H,8-9H2,1-4H3. The van der Waals surface area contributed by atoms with Gasteiger partial charge in [-0.15, -0.1) is 11.6 Å². The molecule has 1 unspecified atom stereocenters. The molecule has 2 rings (SSSR count). The molecule has 1 atom stereocenters. The lowest BCUT2D eigenvalue weighted by atomic mass is 9.85. The van der Waals surface area contributed by atoms with Gasteiger partial charge < -0.3 is 13.7 Å². The van der Waals surface area contributed by atoms with Gasteiger partial charge in [-0.05, 0) is 18.2 Å². The summed E-state index contributed by atoms with van der Waals surface area (Å²) >= 11 is 5.92. The zero-order chi connectivity index (χ0) is 15.9. The number of ether oxygens (including phenoxy) is 2. The predicted octanol–water partition coefficient (Wildman–Crippen LogP) is 2.67. The van der Waals surface area contributed by atoms with Gasteiger partial charge >= 0.3 is 10.1 Å². The van der Waals surface area contributed by atoms with Crippen LogP contribution in [0.15, 0.2) is 18.2 Å². The van der Waals surface area contributed by atoms with Crippen molar-refractivity contribution >= 4 is 21.7 Å². The van der Waals surface area contributed by atoms with Crippen LogP contribution in [0.2, 0.25) is 0 Å². The Morgan fingerprint density at radius 3 is 2.57 bits per heavy atom. The third kappa shape index (κ3) is 3.81. The van der Waals surface area contributed by atoms with Crippen LogP contribution >= 0.6 is 11.6 Å². The summed E-state index contributed by atoms with van der Waals surface area (Å²) in [5, 5.41) is 0. The highest BCUT2D eigenvalue weighted by Gasteiger charge is 2.37. The average molecular weight is 335 g/mol. The molecule has 0 aliphatic carbocycles. The van der Waals surface area contributed by atoms with Crippen LogP contribution in [-0.4, -0.2) is 32.9 Å². The Balaban J connectivity index is 2.47. The quantitative estimate of drug-likeness (QED) is 0.628. The first kappa shape index (κ1) is 16.4. The lowest BCUT2D eigenvalue weighted by Crippen LogP contribution is -2.38. The highest BCUT2D eigenvalue weighted by molar-refractivity contribution is 7.86. The maximum atomic E-state index is 11.3. The minimum Gasteiger partial charge on any atom is -0.461 e. The minimum absolute atomic E-state index is 0.185. The van der Waals surface area contributed by atoms with E-state index in [9.17, 15) is 8.42 Å². The van der Waals surface area contributed by atoms with Crippen molar-refractivity contribution in [1.82, 2.24) is 0 Å². The van der Waals surface area contributed by atoms with E-state index in [0.717, 1.165) is 11.8 Å². The molecule has 7 heteroatoms. The normalized spacial score (nSPS) is 24.6. The van der Waals surface area contributed by atoms with Gasteiger partial charge in [0.05, 0.1) is 18.7 Å². The Kier molecular flexibility index (Phi) is 4.17. The largest absolute Gasteiger partial charge is 0.461 e. The first-order valence-electron chi connectivity index (χ1n) is 6.48. The van der Waals surface area contributed by atoms with Crippen molar-refractivity contribution in [2.75, 3.05) is 18.7 Å². The van der Waals surface area contributed by atoms with Crippen molar-refractivity contribution < 1.29 is 22.1 Å². The van der Waals surface area contributed by atoms with E-state index in [2.05, 4.69) is 0 Å². The average Bonchev–Trinajstić information content (AvgIpc) is 2.45. The van der Waals surface area contributed by atoms with Gasteiger partial charge in [-0.25, -0.2) is 0 Å². The lowest BCUT2D eigenvalue weighted by Gasteiger charge is -2.27. The number of hydrogen-bond donors (Lipinski definition) is 0. The fourth-order valence-electron chi connectivity index (χ4n) is 2.09. The molecule has 0 aromatic heterocycles. The molecule has 5 nitrogen and oxygen atoms in total. The van der Waals surface area contributed by atoms with Gasteiger partial charge in [-0.2, -0.15) is 8.42 Å². The second-order valence-corrected chi connectivity index (χ2v) is 7.83. The smallest absolute Gasteiger partial charge is 0.306 e. The Labute approximate surface area is 130 Å². The molecule has 1 aliphatic heterocycles. The van der Waals surface area contributed by atoms with Crippen molar-refractivity contribution in [2.45, 2.75) is 32.0 Å². The Morgan fingerprint density at radius 2 is 2.00 bits per heavy atom. The molecule has 21 heavy (non-hydrogen) atoms. The number of fused-ring (bicyclic) bond motifs is 1. The van der Waals surface area contributed by atoms with Gasteiger partial charge in [-0.3, -0.25) is 0 Å². The summed E-state index contributed by atoms with van der Waals surface area (Å²) in [5.41, 5.74) is 0.452. The fourth-order valence-corrected chi connectivity index (χ4v) is 2.68. The van der Waals surface area contributed by atoms with Crippen LogP contribution < -0.4 is 8.92 Å². The van der Waals surface area contributed by atoms with Crippen LogP contribution in [0.3, 0.4) is 0 Å². The summed E-state index contributed by atoms with van der Waals surface area (Å²) in [6.07, 6.45) is 1.01. The maximum Gasteiger partial charge on any atom is 0.306 e. The van der Waals surface area contributed by atoms with Gasteiger partial charge in [0.2, 0.25) is 5.79 Å². The Bertz CT molecular complexity index is 641. The zero-order valence-corrected chi connectivity index (χ0v) is 14.0. The van der Waals surface area contributed by atoms with E-state index in [1.54, 1.807) is 25.1 Å². The summed E-state index contributed by atoms with van der Waals surface area (Å²) in [4.78, 5) is 0. The molecule has 0 saturated heterocycles. The third-order valence-electron chi connectivity index (χ3n) is 3.23. The minimum atomic E-state index is -3.57. The van der Waals surface area contributed by atoms with Crippen molar-refractivity contribution in [3.63, 3.8) is 0 Å². The number of benzene rings is 1. The van der Waals surface area contributed by atoms with Gasteiger partial charge in [0.1, 0.15) is 11.5 Å². The summed E-state index contributed by atoms with van der Waals surface area (Å²) in [6, 6.07) is 4.90. The van der Waals surface area contributed by atoms with E-state index < -0.39 is 15.9 Å². The second kappa shape index (κ2) is 5.34. The predicted molar refractivity (Wildman–Crippen MR) is 80.6 cm³/mol. The van der Waals surface area contributed by atoms with E-state index in [1.807, 2.05) is 13.8 Å². The molecule has 1 heterocycles. The zero-order valence-electron chi connectivity index (χ0n) is 12.5. The molecular formula is C14H19ClO5S. The monoisotopic (exact) mass is 334 g/mol. The highest BCUT2D eigenvalue weighted by atomic mass is 35.5. The van der Waals surface area contributed by atoms with Crippen molar-refractivity contribution in [2.24, 2.45) is 0 Å². The molecule has 1 aliphatic rings. The topological polar surface area (TPSA) is 61.8 Å². The third-order valence-corrected chi connectivity index (χ3v) is 4.22. The second-order valence-electron chi connectivity index (χ2n) is 5.99. The molecule has 118 valence electrons. The van der Waals surface area contributed by atoms with Gasteiger partial charge in [0.15, 0.2) is 0 Å². The van der Waals surface area contributed by atoms with Crippen molar-refractivity contribution in [3.8, 4) is 11.5 Å². The molecule has 0 saturated carbocycles. The molecular weight excluding hydrogens is 316 g/mol. The van der Waals surface area contributed by atoms with Gasteiger partial charge in [0, 0.05) is 17.9 Å². The SMILES string of the molecule is CC1(CCl)OCC(C)(C)c2cc(OS(C)(=O)=O)ccc2O1. The lowest BCUT2D eigenvalue weighted by molar-refractivity contribution is -0.154. The molecule has 0 bridgehead atoms.